The standard InChI is InChI=1S/C13H16ClNO2S2/c1-2-3-8-17-13(18)19-9-12(16)15-11-6-4-10(14)5-7-11/h4-7H,2-3,8-9H2,1H3,(H,15,16). The van der Waals surface area contributed by atoms with Crippen molar-refractivity contribution >= 4 is 51.6 Å². The van der Waals surface area contributed by atoms with Crippen molar-refractivity contribution < 1.29 is 9.53 Å². The van der Waals surface area contributed by atoms with Crippen LogP contribution in [0.15, 0.2) is 24.3 Å². The van der Waals surface area contributed by atoms with E-state index in [9.17, 15) is 4.79 Å². The third-order valence-corrected chi connectivity index (χ3v) is 3.65. The number of unbranched alkanes of at least 4 members (excludes halogenated alkanes) is 1. The maximum absolute atomic E-state index is 11.7. The molecule has 0 saturated carbocycles. The lowest BCUT2D eigenvalue weighted by Gasteiger charge is -2.07. The zero-order valence-electron chi connectivity index (χ0n) is 10.6. The Balaban J connectivity index is 2.24. The van der Waals surface area contributed by atoms with Crippen LogP contribution in [0, 0.1) is 0 Å². The number of amides is 1. The molecule has 0 atom stereocenters. The maximum atomic E-state index is 11.7. The van der Waals surface area contributed by atoms with Gasteiger partial charge in [0, 0.05) is 10.7 Å². The van der Waals surface area contributed by atoms with Gasteiger partial charge in [0.05, 0.1) is 12.4 Å². The Morgan fingerprint density at radius 3 is 2.74 bits per heavy atom. The second-order valence-electron chi connectivity index (χ2n) is 3.80. The van der Waals surface area contributed by atoms with E-state index in [0.29, 0.717) is 21.7 Å². The lowest BCUT2D eigenvalue weighted by atomic mass is 10.3. The molecule has 1 rings (SSSR count). The number of nitrogens with one attached hydrogen (secondary N) is 1. The van der Waals surface area contributed by atoms with Gasteiger partial charge in [-0.1, -0.05) is 36.7 Å². The number of thioether (sulfide) groups is 1. The molecule has 0 bridgehead atoms. The molecule has 1 aromatic carbocycles. The Morgan fingerprint density at radius 1 is 1.42 bits per heavy atom. The minimum absolute atomic E-state index is 0.117. The van der Waals surface area contributed by atoms with E-state index in [1.54, 1.807) is 24.3 Å². The number of hydrogen-bond donors (Lipinski definition) is 1. The molecule has 0 saturated heterocycles. The third kappa shape index (κ3) is 7.40. The molecule has 1 N–H and O–H groups in total. The summed E-state index contributed by atoms with van der Waals surface area (Å²) in [6, 6.07) is 6.95. The molecule has 0 spiro atoms. The van der Waals surface area contributed by atoms with Crippen molar-refractivity contribution in [2.45, 2.75) is 19.8 Å². The molecular weight excluding hydrogens is 302 g/mol. The SMILES string of the molecule is CCCCOC(=S)SCC(=O)Nc1ccc(Cl)cc1. The summed E-state index contributed by atoms with van der Waals surface area (Å²) in [4.78, 5) is 11.7. The lowest BCUT2D eigenvalue weighted by molar-refractivity contribution is -0.113. The normalized spacial score (nSPS) is 10.0. The number of anilines is 1. The van der Waals surface area contributed by atoms with E-state index >= 15 is 0 Å². The van der Waals surface area contributed by atoms with Crippen molar-refractivity contribution in [3.63, 3.8) is 0 Å². The van der Waals surface area contributed by atoms with Crippen LogP contribution in [0.4, 0.5) is 5.69 Å². The van der Waals surface area contributed by atoms with E-state index in [-0.39, 0.29) is 11.7 Å². The summed E-state index contributed by atoms with van der Waals surface area (Å²) in [5, 5.41) is 3.40. The molecule has 0 radical (unpaired) electrons. The minimum atomic E-state index is -0.117. The molecule has 1 amide bonds. The van der Waals surface area contributed by atoms with Gasteiger partial charge < -0.3 is 10.1 Å². The van der Waals surface area contributed by atoms with Crippen molar-refractivity contribution in [1.82, 2.24) is 0 Å². The summed E-state index contributed by atoms with van der Waals surface area (Å²) < 4.78 is 5.71. The number of halogens is 1. The first-order chi connectivity index (χ1) is 9.11. The van der Waals surface area contributed by atoms with Crippen molar-refractivity contribution in [2.75, 3.05) is 17.7 Å². The molecule has 0 aliphatic rings. The number of benzene rings is 1. The molecular formula is C13H16ClNO2S2. The first kappa shape index (κ1) is 16.3. The summed E-state index contributed by atoms with van der Waals surface area (Å²) in [5.74, 6) is 0.127. The maximum Gasteiger partial charge on any atom is 0.234 e. The van der Waals surface area contributed by atoms with Gasteiger partial charge >= 0.3 is 0 Å². The van der Waals surface area contributed by atoms with Crippen LogP contribution in [0.3, 0.4) is 0 Å². The van der Waals surface area contributed by atoms with Crippen molar-refractivity contribution in [3.05, 3.63) is 29.3 Å². The molecule has 0 aromatic heterocycles. The Hall–Kier alpha value is -0.780. The minimum Gasteiger partial charge on any atom is -0.479 e. The molecule has 6 heteroatoms. The Bertz CT molecular complexity index is 423. The predicted octanol–water partition coefficient (Wildman–Crippen LogP) is 4.11. The van der Waals surface area contributed by atoms with Crippen molar-refractivity contribution in [1.29, 1.82) is 0 Å². The smallest absolute Gasteiger partial charge is 0.234 e. The largest absolute Gasteiger partial charge is 0.479 e. The van der Waals surface area contributed by atoms with Gasteiger partial charge in [0.1, 0.15) is 0 Å². The molecule has 1 aromatic rings. The third-order valence-electron chi connectivity index (χ3n) is 2.17. The molecule has 3 nitrogen and oxygen atoms in total. The van der Waals surface area contributed by atoms with Crippen LogP contribution in [-0.4, -0.2) is 22.6 Å². The lowest BCUT2D eigenvalue weighted by Crippen LogP contribution is -2.15. The zero-order valence-corrected chi connectivity index (χ0v) is 13.0. The number of thiocarbonyl (C=S) groups is 1. The van der Waals surface area contributed by atoms with Crippen molar-refractivity contribution in [3.8, 4) is 0 Å². The van der Waals surface area contributed by atoms with Gasteiger partial charge in [-0.2, -0.15) is 0 Å². The van der Waals surface area contributed by atoms with E-state index in [1.807, 2.05) is 0 Å². The monoisotopic (exact) mass is 317 g/mol. The fraction of sp³-hybridized carbons (Fsp3) is 0.385. The van der Waals surface area contributed by atoms with Gasteiger partial charge in [-0.15, -0.1) is 0 Å². The molecule has 19 heavy (non-hydrogen) atoms. The second-order valence-corrected chi connectivity index (χ2v) is 5.81. The van der Waals surface area contributed by atoms with Gasteiger partial charge in [0.2, 0.25) is 10.3 Å². The summed E-state index contributed by atoms with van der Waals surface area (Å²) >= 11 is 12.0. The van der Waals surface area contributed by atoms with Gasteiger partial charge in [-0.3, -0.25) is 4.79 Å². The number of ether oxygens (including phenoxy) is 1. The van der Waals surface area contributed by atoms with Crippen LogP contribution in [-0.2, 0) is 9.53 Å². The number of rotatable bonds is 6. The Kier molecular flexibility index (Phi) is 7.86. The Morgan fingerprint density at radius 2 is 2.11 bits per heavy atom. The second kappa shape index (κ2) is 9.18. The fourth-order valence-electron chi connectivity index (χ4n) is 1.20. The van der Waals surface area contributed by atoms with Gasteiger partial charge in [0.15, 0.2) is 0 Å². The molecule has 0 aliphatic heterocycles. The highest BCUT2D eigenvalue weighted by atomic mass is 35.5. The van der Waals surface area contributed by atoms with Gasteiger partial charge in [-0.25, -0.2) is 0 Å². The van der Waals surface area contributed by atoms with E-state index in [0.717, 1.165) is 12.8 Å². The predicted molar refractivity (Wildman–Crippen MR) is 86.0 cm³/mol. The number of carbonyl (C=O) groups excluding carboxylic acids is 1. The van der Waals surface area contributed by atoms with Crippen LogP contribution in [0.25, 0.3) is 0 Å². The Labute approximate surface area is 128 Å². The highest BCUT2D eigenvalue weighted by Gasteiger charge is 2.06. The molecule has 0 aliphatic carbocycles. The zero-order chi connectivity index (χ0) is 14.1. The summed E-state index contributed by atoms with van der Waals surface area (Å²) in [5.41, 5.74) is 0.716. The molecule has 0 unspecified atom stereocenters. The van der Waals surface area contributed by atoms with Crippen LogP contribution < -0.4 is 5.32 Å². The molecule has 104 valence electrons. The first-order valence-corrected chi connectivity index (χ1v) is 7.74. The number of carbonyl (C=O) groups is 1. The van der Waals surface area contributed by atoms with Crippen LogP contribution in [0.5, 0.6) is 0 Å². The number of hydrogen-bond acceptors (Lipinski definition) is 4. The van der Waals surface area contributed by atoms with E-state index in [4.69, 9.17) is 28.6 Å². The molecule has 0 heterocycles. The highest BCUT2D eigenvalue weighted by molar-refractivity contribution is 8.23. The average Bonchev–Trinajstić information content (AvgIpc) is 2.39. The highest BCUT2D eigenvalue weighted by Crippen LogP contribution is 2.14. The summed E-state index contributed by atoms with van der Waals surface area (Å²) in [6.07, 6.45) is 2.03. The van der Waals surface area contributed by atoms with E-state index in [1.165, 1.54) is 11.8 Å². The van der Waals surface area contributed by atoms with Crippen LogP contribution >= 0.6 is 35.6 Å². The summed E-state index contributed by atoms with van der Waals surface area (Å²) in [6.45, 7) is 2.69. The van der Waals surface area contributed by atoms with Gasteiger partial charge in [-0.05, 0) is 42.9 Å². The summed E-state index contributed by atoms with van der Waals surface area (Å²) in [7, 11) is 0. The molecule has 0 fully saturated rings. The van der Waals surface area contributed by atoms with E-state index < -0.39 is 0 Å². The van der Waals surface area contributed by atoms with Crippen LogP contribution in [0.2, 0.25) is 5.02 Å². The topological polar surface area (TPSA) is 38.3 Å². The van der Waals surface area contributed by atoms with Crippen LogP contribution in [0.1, 0.15) is 19.8 Å². The quantitative estimate of drug-likeness (QED) is 0.633. The average molecular weight is 318 g/mol. The first-order valence-electron chi connectivity index (χ1n) is 5.96. The van der Waals surface area contributed by atoms with E-state index in [2.05, 4.69) is 12.2 Å². The van der Waals surface area contributed by atoms with Gasteiger partial charge in [0.25, 0.3) is 0 Å². The fourth-order valence-corrected chi connectivity index (χ4v) is 2.07. The van der Waals surface area contributed by atoms with Crippen molar-refractivity contribution in [2.24, 2.45) is 0 Å².